The van der Waals surface area contributed by atoms with Gasteiger partial charge in [0.15, 0.2) is 11.5 Å². The third kappa shape index (κ3) is 2.40. The molecule has 2 heterocycles. The van der Waals surface area contributed by atoms with Gasteiger partial charge in [-0.2, -0.15) is 4.52 Å². The van der Waals surface area contributed by atoms with Crippen LogP contribution in [0.15, 0.2) is 42.5 Å². The van der Waals surface area contributed by atoms with E-state index in [1.807, 2.05) is 42.5 Å². The molecule has 0 saturated heterocycles. The van der Waals surface area contributed by atoms with Crippen LogP contribution in [0.25, 0.3) is 27.9 Å². The standard InChI is InChI=1S/C19H17N5O2/c1-25-12-7-5-11(6-8-12)17-22-18-14-3-2-4-15(26-13-9-10-13)16(14)21-19(20)24(18)23-17/h2-8,13H,9-10H2,1H3,(H2,20,21). The van der Waals surface area contributed by atoms with Gasteiger partial charge < -0.3 is 15.2 Å². The number of aromatic nitrogens is 4. The van der Waals surface area contributed by atoms with Crippen LogP contribution in [0.3, 0.4) is 0 Å². The predicted octanol–water partition coefficient (Wildman–Crippen LogP) is 3.08. The van der Waals surface area contributed by atoms with Gasteiger partial charge in [-0.15, -0.1) is 5.10 Å². The maximum Gasteiger partial charge on any atom is 0.223 e. The van der Waals surface area contributed by atoms with Crippen molar-refractivity contribution in [2.24, 2.45) is 0 Å². The fraction of sp³-hybridized carbons (Fsp3) is 0.211. The summed E-state index contributed by atoms with van der Waals surface area (Å²) in [5.74, 6) is 2.40. The van der Waals surface area contributed by atoms with Crippen LogP contribution in [0.1, 0.15) is 12.8 Å². The molecule has 0 aliphatic heterocycles. The molecule has 130 valence electrons. The molecule has 0 radical (unpaired) electrons. The molecule has 0 unspecified atom stereocenters. The maximum absolute atomic E-state index is 6.15. The van der Waals surface area contributed by atoms with Gasteiger partial charge in [0.1, 0.15) is 17.0 Å². The van der Waals surface area contributed by atoms with E-state index in [0.29, 0.717) is 11.5 Å². The lowest BCUT2D eigenvalue weighted by Gasteiger charge is -2.08. The first-order chi connectivity index (χ1) is 12.7. The summed E-state index contributed by atoms with van der Waals surface area (Å²) in [6.07, 6.45) is 2.45. The van der Waals surface area contributed by atoms with Crippen LogP contribution < -0.4 is 15.2 Å². The number of nitrogens with two attached hydrogens (primary N) is 1. The van der Waals surface area contributed by atoms with Crippen molar-refractivity contribution in [3.63, 3.8) is 0 Å². The van der Waals surface area contributed by atoms with Crippen LogP contribution >= 0.6 is 0 Å². The second-order valence-corrected chi connectivity index (χ2v) is 6.34. The van der Waals surface area contributed by atoms with E-state index in [1.165, 1.54) is 0 Å². The van der Waals surface area contributed by atoms with Gasteiger partial charge in [-0.1, -0.05) is 6.07 Å². The molecule has 5 rings (SSSR count). The number of rotatable bonds is 4. The summed E-state index contributed by atoms with van der Waals surface area (Å²) in [5.41, 5.74) is 8.42. The highest BCUT2D eigenvalue weighted by molar-refractivity contribution is 5.96. The van der Waals surface area contributed by atoms with E-state index in [-0.39, 0.29) is 12.1 Å². The zero-order valence-corrected chi connectivity index (χ0v) is 14.2. The Hall–Kier alpha value is -3.35. The van der Waals surface area contributed by atoms with Crippen LogP contribution in [0.2, 0.25) is 0 Å². The van der Waals surface area contributed by atoms with Crippen LogP contribution in [-0.2, 0) is 0 Å². The number of nitrogen functional groups attached to an aromatic ring is 1. The van der Waals surface area contributed by atoms with Crippen molar-refractivity contribution in [2.75, 3.05) is 12.8 Å². The second kappa shape index (κ2) is 5.59. The lowest BCUT2D eigenvalue weighted by Crippen LogP contribution is -2.04. The molecule has 1 aliphatic rings. The molecule has 2 N–H and O–H groups in total. The molecule has 0 atom stereocenters. The minimum absolute atomic E-state index is 0.284. The van der Waals surface area contributed by atoms with Crippen molar-refractivity contribution in [3.05, 3.63) is 42.5 Å². The molecule has 7 nitrogen and oxygen atoms in total. The van der Waals surface area contributed by atoms with E-state index in [9.17, 15) is 0 Å². The van der Waals surface area contributed by atoms with Gasteiger partial charge in [0.2, 0.25) is 5.95 Å². The Morgan fingerprint density at radius 2 is 1.88 bits per heavy atom. The van der Waals surface area contributed by atoms with Gasteiger partial charge >= 0.3 is 0 Å². The lowest BCUT2D eigenvalue weighted by atomic mass is 10.2. The average Bonchev–Trinajstić information content (AvgIpc) is 3.36. The van der Waals surface area contributed by atoms with Gasteiger partial charge in [-0.3, -0.25) is 0 Å². The molecule has 26 heavy (non-hydrogen) atoms. The minimum Gasteiger partial charge on any atom is -0.497 e. The van der Waals surface area contributed by atoms with Gasteiger partial charge in [-0.05, 0) is 49.2 Å². The Morgan fingerprint density at radius 1 is 1.08 bits per heavy atom. The van der Waals surface area contributed by atoms with Crippen molar-refractivity contribution in [1.82, 2.24) is 19.6 Å². The highest BCUT2D eigenvalue weighted by Crippen LogP contribution is 2.33. The minimum atomic E-state index is 0.284. The van der Waals surface area contributed by atoms with E-state index in [2.05, 4.69) is 10.1 Å². The Bertz CT molecular complexity index is 1120. The molecule has 1 aliphatic carbocycles. The van der Waals surface area contributed by atoms with Crippen molar-refractivity contribution >= 4 is 22.5 Å². The Kier molecular flexibility index (Phi) is 3.21. The Labute approximate surface area is 149 Å². The van der Waals surface area contributed by atoms with Gasteiger partial charge in [0.25, 0.3) is 0 Å². The van der Waals surface area contributed by atoms with Gasteiger partial charge in [0, 0.05) is 10.9 Å². The first kappa shape index (κ1) is 14.9. The van der Waals surface area contributed by atoms with E-state index < -0.39 is 0 Å². The number of para-hydroxylation sites is 1. The number of methoxy groups -OCH3 is 1. The summed E-state index contributed by atoms with van der Waals surface area (Å²) in [5, 5.41) is 5.39. The first-order valence-electron chi connectivity index (χ1n) is 8.49. The largest absolute Gasteiger partial charge is 0.497 e. The van der Waals surface area contributed by atoms with Crippen LogP contribution in [0, 0.1) is 0 Å². The summed E-state index contributed by atoms with van der Waals surface area (Å²) >= 11 is 0. The fourth-order valence-electron chi connectivity index (χ4n) is 2.95. The van der Waals surface area contributed by atoms with E-state index in [4.69, 9.17) is 20.2 Å². The smallest absolute Gasteiger partial charge is 0.223 e. The molecular formula is C19H17N5O2. The third-order valence-electron chi connectivity index (χ3n) is 4.46. The SMILES string of the molecule is COc1ccc(-c2nc3c4cccc(OC5CC5)c4nc(N)n3n2)cc1. The first-order valence-corrected chi connectivity index (χ1v) is 8.49. The average molecular weight is 347 g/mol. The number of fused-ring (bicyclic) bond motifs is 3. The second-order valence-electron chi connectivity index (χ2n) is 6.34. The van der Waals surface area contributed by atoms with E-state index >= 15 is 0 Å². The summed E-state index contributed by atoms with van der Waals surface area (Å²) in [6.45, 7) is 0. The molecule has 0 spiro atoms. The fourth-order valence-corrected chi connectivity index (χ4v) is 2.95. The normalized spacial score (nSPS) is 14.0. The van der Waals surface area contributed by atoms with E-state index in [1.54, 1.807) is 11.6 Å². The number of nitrogens with zero attached hydrogens (tertiary/aromatic N) is 4. The molecule has 0 bridgehead atoms. The van der Waals surface area contributed by atoms with Gasteiger partial charge in [-0.25, -0.2) is 9.97 Å². The van der Waals surface area contributed by atoms with Crippen molar-refractivity contribution in [3.8, 4) is 22.9 Å². The Morgan fingerprint density at radius 3 is 2.62 bits per heavy atom. The van der Waals surface area contributed by atoms with Crippen LogP contribution in [-0.4, -0.2) is 32.8 Å². The number of benzene rings is 2. The monoisotopic (exact) mass is 347 g/mol. The van der Waals surface area contributed by atoms with Crippen LogP contribution in [0.4, 0.5) is 5.95 Å². The van der Waals surface area contributed by atoms with Crippen molar-refractivity contribution < 1.29 is 9.47 Å². The topological polar surface area (TPSA) is 87.6 Å². The quantitative estimate of drug-likeness (QED) is 0.610. The summed E-state index contributed by atoms with van der Waals surface area (Å²) in [4.78, 5) is 9.21. The molecule has 2 aromatic heterocycles. The molecule has 7 heteroatoms. The number of hydrogen-bond acceptors (Lipinski definition) is 6. The molecule has 4 aromatic rings. The van der Waals surface area contributed by atoms with Crippen molar-refractivity contribution in [1.29, 1.82) is 0 Å². The predicted molar refractivity (Wildman–Crippen MR) is 98.3 cm³/mol. The molecule has 1 saturated carbocycles. The third-order valence-corrected chi connectivity index (χ3v) is 4.46. The number of ether oxygens (including phenoxy) is 2. The highest BCUT2D eigenvalue weighted by atomic mass is 16.5. The zero-order chi connectivity index (χ0) is 17.7. The zero-order valence-electron chi connectivity index (χ0n) is 14.2. The summed E-state index contributed by atoms with van der Waals surface area (Å²) < 4.78 is 12.7. The summed E-state index contributed by atoms with van der Waals surface area (Å²) in [7, 11) is 1.64. The lowest BCUT2D eigenvalue weighted by molar-refractivity contribution is 0.306. The maximum atomic E-state index is 6.15. The van der Waals surface area contributed by atoms with Crippen LogP contribution in [0.5, 0.6) is 11.5 Å². The van der Waals surface area contributed by atoms with Gasteiger partial charge in [0.05, 0.1) is 13.2 Å². The number of anilines is 1. The molecule has 2 aromatic carbocycles. The molecule has 0 amide bonds. The van der Waals surface area contributed by atoms with E-state index in [0.717, 1.165) is 40.8 Å². The highest BCUT2D eigenvalue weighted by Gasteiger charge is 2.25. The van der Waals surface area contributed by atoms with Crippen molar-refractivity contribution in [2.45, 2.75) is 18.9 Å². The summed E-state index contributed by atoms with van der Waals surface area (Å²) in [6, 6.07) is 13.4. The molecule has 1 fully saturated rings. The number of hydrogen-bond donors (Lipinski definition) is 1. The molecular weight excluding hydrogens is 330 g/mol. The Balaban J connectivity index is 1.69.